The summed E-state index contributed by atoms with van der Waals surface area (Å²) in [4.78, 5) is 33.6. The standard InChI is InChI=1S/C22H22N4O3S.ClH/c1-3-11-26-20(27)15-7-5-6-8-16(15)24-22(26)30-13-19-23-17-12-14(21(28)29)9-10-18(17)25(19)4-2;/h5-10,12H,3-4,11,13H2,1-2H3,(H,28,29);1H. The van der Waals surface area contributed by atoms with Crippen LogP contribution in [0, 0.1) is 0 Å². The highest BCUT2D eigenvalue weighted by atomic mass is 35.5. The second-order valence-electron chi connectivity index (χ2n) is 6.94. The van der Waals surface area contributed by atoms with Gasteiger partial charge in [0.25, 0.3) is 5.56 Å². The lowest BCUT2D eigenvalue weighted by Gasteiger charge is -2.12. The van der Waals surface area contributed by atoms with E-state index >= 15 is 0 Å². The number of halogens is 1. The number of hydrogen-bond donors (Lipinski definition) is 1. The molecule has 0 amide bonds. The predicted octanol–water partition coefficient (Wildman–Crippen LogP) is 4.59. The molecule has 2 aromatic heterocycles. The first-order chi connectivity index (χ1) is 14.5. The highest BCUT2D eigenvalue weighted by Gasteiger charge is 2.15. The fraction of sp³-hybridized carbons (Fsp3) is 0.273. The summed E-state index contributed by atoms with van der Waals surface area (Å²) in [5, 5.41) is 10.5. The van der Waals surface area contributed by atoms with Crippen LogP contribution in [0.3, 0.4) is 0 Å². The minimum atomic E-state index is -0.970. The Bertz CT molecular complexity index is 1320. The van der Waals surface area contributed by atoms with E-state index in [2.05, 4.69) is 9.55 Å². The van der Waals surface area contributed by atoms with Gasteiger partial charge in [0.15, 0.2) is 5.16 Å². The van der Waals surface area contributed by atoms with Gasteiger partial charge in [0.05, 0.1) is 33.3 Å². The third kappa shape index (κ3) is 4.31. The summed E-state index contributed by atoms with van der Waals surface area (Å²) in [5.74, 6) is 0.382. The van der Waals surface area contributed by atoms with E-state index in [-0.39, 0.29) is 23.5 Å². The van der Waals surface area contributed by atoms with Crippen molar-refractivity contribution in [2.75, 3.05) is 0 Å². The highest BCUT2D eigenvalue weighted by Crippen LogP contribution is 2.25. The molecule has 0 atom stereocenters. The smallest absolute Gasteiger partial charge is 0.335 e. The van der Waals surface area contributed by atoms with Crippen molar-refractivity contribution in [1.29, 1.82) is 0 Å². The number of carboxylic acids is 1. The summed E-state index contributed by atoms with van der Waals surface area (Å²) >= 11 is 1.48. The molecular weight excluding hydrogens is 436 g/mol. The number of aryl methyl sites for hydroxylation is 1. The van der Waals surface area contributed by atoms with Crippen LogP contribution in [0.15, 0.2) is 52.4 Å². The highest BCUT2D eigenvalue weighted by molar-refractivity contribution is 7.98. The van der Waals surface area contributed by atoms with Gasteiger partial charge in [-0.1, -0.05) is 30.8 Å². The van der Waals surface area contributed by atoms with Gasteiger partial charge in [-0.25, -0.2) is 14.8 Å². The van der Waals surface area contributed by atoms with Gasteiger partial charge < -0.3 is 9.67 Å². The van der Waals surface area contributed by atoms with Gasteiger partial charge in [-0.2, -0.15) is 0 Å². The van der Waals surface area contributed by atoms with Crippen LogP contribution >= 0.6 is 24.2 Å². The summed E-state index contributed by atoms with van der Waals surface area (Å²) in [7, 11) is 0. The molecule has 0 unspecified atom stereocenters. The molecule has 2 aromatic carbocycles. The lowest BCUT2D eigenvalue weighted by atomic mass is 10.2. The molecule has 0 aliphatic heterocycles. The summed E-state index contributed by atoms with van der Waals surface area (Å²) < 4.78 is 3.80. The Balaban J connectivity index is 0.00000272. The van der Waals surface area contributed by atoms with Crippen molar-refractivity contribution >= 4 is 52.1 Å². The zero-order chi connectivity index (χ0) is 21.3. The van der Waals surface area contributed by atoms with Crippen molar-refractivity contribution in [3.05, 3.63) is 64.2 Å². The number of rotatable bonds is 7. The van der Waals surface area contributed by atoms with E-state index < -0.39 is 5.97 Å². The number of fused-ring (bicyclic) bond motifs is 2. The second-order valence-corrected chi connectivity index (χ2v) is 7.88. The number of aromatic carboxylic acids is 1. The minimum Gasteiger partial charge on any atom is -0.478 e. The summed E-state index contributed by atoms with van der Waals surface area (Å²) in [6.45, 7) is 5.38. The van der Waals surface area contributed by atoms with E-state index in [4.69, 9.17) is 4.98 Å². The average Bonchev–Trinajstić information content (AvgIpc) is 3.11. The van der Waals surface area contributed by atoms with Crippen LogP contribution in [-0.2, 0) is 18.8 Å². The zero-order valence-electron chi connectivity index (χ0n) is 17.2. The van der Waals surface area contributed by atoms with E-state index in [1.165, 1.54) is 11.8 Å². The Morgan fingerprint density at radius 3 is 2.55 bits per heavy atom. The molecule has 9 heteroatoms. The molecule has 162 valence electrons. The number of para-hydroxylation sites is 1. The number of carboxylic acid groups (broad SMARTS) is 1. The van der Waals surface area contributed by atoms with Gasteiger partial charge in [0.2, 0.25) is 0 Å². The molecule has 0 radical (unpaired) electrons. The fourth-order valence-electron chi connectivity index (χ4n) is 3.58. The van der Waals surface area contributed by atoms with Gasteiger partial charge in [-0.15, -0.1) is 12.4 Å². The number of hydrogen-bond acceptors (Lipinski definition) is 5. The average molecular weight is 459 g/mol. The molecule has 0 aliphatic carbocycles. The molecule has 0 saturated carbocycles. The first-order valence-corrected chi connectivity index (χ1v) is 10.9. The van der Waals surface area contributed by atoms with Crippen LogP contribution in [0.1, 0.15) is 36.5 Å². The van der Waals surface area contributed by atoms with Crippen molar-refractivity contribution < 1.29 is 9.90 Å². The van der Waals surface area contributed by atoms with Gasteiger partial charge in [-0.3, -0.25) is 9.36 Å². The number of carbonyl (C=O) groups is 1. The maximum atomic E-state index is 12.9. The van der Waals surface area contributed by atoms with Crippen LogP contribution < -0.4 is 5.56 Å². The number of benzene rings is 2. The molecule has 0 fully saturated rings. The molecule has 1 N–H and O–H groups in total. The van der Waals surface area contributed by atoms with Crippen LogP contribution in [0.4, 0.5) is 0 Å². The zero-order valence-corrected chi connectivity index (χ0v) is 18.9. The van der Waals surface area contributed by atoms with Crippen LogP contribution in [0.5, 0.6) is 0 Å². The first-order valence-electron chi connectivity index (χ1n) is 9.88. The minimum absolute atomic E-state index is 0. The molecule has 2 heterocycles. The van der Waals surface area contributed by atoms with Crippen molar-refractivity contribution in [3.63, 3.8) is 0 Å². The molecule has 0 saturated heterocycles. The maximum absolute atomic E-state index is 12.9. The summed E-state index contributed by atoms with van der Waals surface area (Å²) in [5.41, 5.74) is 2.43. The lowest BCUT2D eigenvalue weighted by molar-refractivity contribution is 0.0697. The molecule has 7 nitrogen and oxygen atoms in total. The third-order valence-corrected chi connectivity index (χ3v) is 5.97. The van der Waals surface area contributed by atoms with Crippen molar-refractivity contribution in [2.45, 2.75) is 44.3 Å². The normalized spacial score (nSPS) is 11.0. The van der Waals surface area contributed by atoms with Gasteiger partial charge in [0.1, 0.15) is 5.82 Å². The Morgan fingerprint density at radius 1 is 1.06 bits per heavy atom. The summed E-state index contributed by atoms with van der Waals surface area (Å²) in [6, 6.07) is 12.4. The quantitative estimate of drug-likeness (QED) is 0.322. The molecule has 31 heavy (non-hydrogen) atoms. The number of imidazole rings is 1. The van der Waals surface area contributed by atoms with E-state index in [1.54, 1.807) is 22.8 Å². The first kappa shape index (κ1) is 22.8. The fourth-order valence-corrected chi connectivity index (χ4v) is 4.56. The number of thioether (sulfide) groups is 1. The Kier molecular flexibility index (Phi) is 7.02. The Hall–Kier alpha value is -2.84. The Morgan fingerprint density at radius 2 is 1.84 bits per heavy atom. The second kappa shape index (κ2) is 9.53. The largest absolute Gasteiger partial charge is 0.478 e. The molecule has 4 aromatic rings. The molecule has 0 bridgehead atoms. The van der Waals surface area contributed by atoms with E-state index in [0.717, 1.165) is 17.8 Å². The lowest BCUT2D eigenvalue weighted by Crippen LogP contribution is -2.23. The number of aromatic nitrogens is 4. The van der Waals surface area contributed by atoms with Gasteiger partial charge >= 0.3 is 5.97 Å². The summed E-state index contributed by atoms with van der Waals surface area (Å²) in [6.07, 6.45) is 0.832. The molecule has 4 rings (SSSR count). The topological polar surface area (TPSA) is 90.0 Å². The molecule has 0 spiro atoms. The van der Waals surface area contributed by atoms with E-state index in [1.807, 2.05) is 38.1 Å². The molecular formula is C22H23ClN4O3S. The van der Waals surface area contributed by atoms with Crippen LogP contribution in [0.25, 0.3) is 21.9 Å². The number of nitrogens with zero attached hydrogens (tertiary/aromatic N) is 4. The Labute approximate surface area is 189 Å². The van der Waals surface area contributed by atoms with Gasteiger partial charge in [-0.05, 0) is 43.7 Å². The van der Waals surface area contributed by atoms with E-state index in [9.17, 15) is 14.7 Å². The van der Waals surface area contributed by atoms with Crippen molar-refractivity contribution in [1.82, 2.24) is 19.1 Å². The van der Waals surface area contributed by atoms with Gasteiger partial charge in [0, 0.05) is 13.1 Å². The maximum Gasteiger partial charge on any atom is 0.335 e. The monoisotopic (exact) mass is 458 g/mol. The SMILES string of the molecule is CCCn1c(SCc2nc3cc(C(=O)O)ccc3n2CC)nc2ccccc2c1=O.Cl. The third-order valence-electron chi connectivity index (χ3n) is 4.99. The predicted molar refractivity (Wildman–Crippen MR) is 125 cm³/mol. The van der Waals surface area contributed by atoms with Crippen molar-refractivity contribution in [2.24, 2.45) is 0 Å². The molecule has 0 aliphatic rings. The van der Waals surface area contributed by atoms with Crippen LogP contribution in [-0.4, -0.2) is 30.2 Å². The van der Waals surface area contributed by atoms with Crippen molar-refractivity contribution in [3.8, 4) is 0 Å². The van der Waals surface area contributed by atoms with E-state index in [0.29, 0.717) is 40.4 Å². The van der Waals surface area contributed by atoms with Crippen LogP contribution in [0.2, 0.25) is 0 Å².